The number of carbonyl (C=O) groups is 2. The highest BCUT2D eigenvalue weighted by Crippen LogP contribution is 2.41. The quantitative estimate of drug-likeness (QED) is 0.503. The number of aromatic nitrogens is 1. The van der Waals surface area contributed by atoms with E-state index in [1.165, 1.54) is 12.1 Å². The van der Waals surface area contributed by atoms with E-state index in [1.807, 2.05) is 19.9 Å². The lowest BCUT2D eigenvalue weighted by Crippen LogP contribution is -2.52. The van der Waals surface area contributed by atoms with Crippen molar-refractivity contribution in [3.05, 3.63) is 69.6 Å². The summed E-state index contributed by atoms with van der Waals surface area (Å²) in [4.78, 5) is 32.3. The maximum absolute atomic E-state index is 13.9. The van der Waals surface area contributed by atoms with E-state index in [-0.39, 0.29) is 18.1 Å². The first kappa shape index (κ1) is 20.9. The molecule has 0 N–H and O–H groups in total. The molecule has 1 aromatic heterocycles. The first-order chi connectivity index (χ1) is 15.2. The minimum Gasteiger partial charge on any atom is -0.486 e. The second-order valence-electron chi connectivity index (χ2n) is 8.75. The molecule has 3 heterocycles. The normalized spacial score (nSPS) is 17.4. The molecular formula is C25H22ClFN2O3. The number of Topliss-reactive ketones (excluding diaryl/α,β-unsaturated/α-hetero) is 1. The average Bonchev–Trinajstić information content (AvgIpc) is 2.75. The number of likely N-dealkylation sites (tertiary alicyclic amines) is 1. The molecule has 3 aromatic rings. The summed E-state index contributed by atoms with van der Waals surface area (Å²) in [5.41, 5.74) is 2.49. The molecule has 0 aliphatic carbocycles. The van der Waals surface area contributed by atoms with E-state index < -0.39 is 11.4 Å². The summed E-state index contributed by atoms with van der Waals surface area (Å²) in [6.45, 7) is 4.60. The van der Waals surface area contributed by atoms with Crippen LogP contribution in [0.5, 0.6) is 5.75 Å². The molecule has 0 atom stereocenters. The number of piperidine rings is 1. The third-order valence-electron chi connectivity index (χ3n) is 6.46. The molecule has 2 aromatic carbocycles. The number of pyridine rings is 1. The monoisotopic (exact) mass is 452 g/mol. The standard InChI is InChI=1S/C25H22ClFN2O3/c1-14-9-23-19(12-20(14)26)22(30)13-25(32-23)5-7-29(8-6-25)24(31)18-10-15(2)28-21-4-3-16(27)11-17(18)21/h3-4,9-12H,5-8,13H2,1-2H3. The van der Waals surface area contributed by atoms with E-state index in [0.29, 0.717) is 64.4 Å². The fourth-order valence-corrected chi connectivity index (χ4v) is 4.85. The summed E-state index contributed by atoms with van der Waals surface area (Å²) in [6.07, 6.45) is 1.35. The van der Waals surface area contributed by atoms with Gasteiger partial charge in [0, 0.05) is 42.0 Å². The van der Waals surface area contributed by atoms with Crippen molar-refractivity contribution in [2.45, 2.75) is 38.7 Å². The van der Waals surface area contributed by atoms with Crippen molar-refractivity contribution in [1.82, 2.24) is 9.88 Å². The molecule has 5 rings (SSSR count). The molecule has 32 heavy (non-hydrogen) atoms. The Labute approximate surface area is 190 Å². The largest absolute Gasteiger partial charge is 0.486 e. The molecule has 0 saturated carbocycles. The van der Waals surface area contributed by atoms with Crippen LogP contribution in [0.15, 0.2) is 36.4 Å². The van der Waals surface area contributed by atoms with Crippen LogP contribution in [0.3, 0.4) is 0 Å². The van der Waals surface area contributed by atoms with Gasteiger partial charge in [0.15, 0.2) is 5.78 Å². The Morgan fingerprint density at radius 3 is 2.66 bits per heavy atom. The molecule has 164 valence electrons. The van der Waals surface area contributed by atoms with Crippen LogP contribution in [-0.4, -0.2) is 40.3 Å². The second kappa shape index (κ2) is 7.55. The van der Waals surface area contributed by atoms with Crippen LogP contribution in [0.4, 0.5) is 4.39 Å². The van der Waals surface area contributed by atoms with Gasteiger partial charge in [-0.15, -0.1) is 0 Å². The number of halogens is 2. The average molecular weight is 453 g/mol. The molecule has 1 spiro atoms. The third-order valence-corrected chi connectivity index (χ3v) is 6.87. The third kappa shape index (κ3) is 3.52. The molecule has 1 amide bonds. The smallest absolute Gasteiger partial charge is 0.254 e. The summed E-state index contributed by atoms with van der Waals surface area (Å²) in [5, 5.41) is 1.06. The van der Waals surface area contributed by atoms with E-state index in [1.54, 1.807) is 23.1 Å². The molecule has 2 aliphatic heterocycles. The number of benzene rings is 2. The van der Waals surface area contributed by atoms with Gasteiger partial charge in [0.1, 0.15) is 17.2 Å². The fraction of sp³-hybridized carbons (Fsp3) is 0.320. The zero-order chi connectivity index (χ0) is 22.6. The maximum Gasteiger partial charge on any atom is 0.254 e. The van der Waals surface area contributed by atoms with Gasteiger partial charge in [0.05, 0.1) is 23.1 Å². The summed E-state index contributed by atoms with van der Waals surface area (Å²) in [6, 6.07) is 9.49. The zero-order valence-corrected chi connectivity index (χ0v) is 18.6. The van der Waals surface area contributed by atoms with Crippen LogP contribution in [0.25, 0.3) is 10.9 Å². The maximum atomic E-state index is 13.9. The van der Waals surface area contributed by atoms with Crippen molar-refractivity contribution in [2.75, 3.05) is 13.1 Å². The van der Waals surface area contributed by atoms with Crippen molar-refractivity contribution >= 4 is 34.2 Å². The molecule has 0 bridgehead atoms. The van der Waals surface area contributed by atoms with Crippen molar-refractivity contribution in [3.8, 4) is 5.75 Å². The zero-order valence-electron chi connectivity index (χ0n) is 17.9. The number of amides is 1. The molecule has 7 heteroatoms. The van der Waals surface area contributed by atoms with Crippen LogP contribution in [0, 0.1) is 19.7 Å². The highest BCUT2D eigenvalue weighted by Gasteiger charge is 2.44. The van der Waals surface area contributed by atoms with Gasteiger partial charge in [0.25, 0.3) is 5.91 Å². The molecule has 0 unspecified atom stereocenters. The van der Waals surface area contributed by atoms with Gasteiger partial charge in [0.2, 0.25) is 0 Å². The van der Waals surface area contributed by atoms with Gasteiger partial charge in [-0.05, 0) is 55.8 Å². The Hall–Kier alpha value is -2.99. The summed E-state index contributed by atoms with van der Waals surface area (Å²) in [7, 11) is 0. The van der Waals surface area contributed by atoms with E-state index in [4.69, 9.17) is 16.3 Å². The van der Waals surface area contributed by atoms with E-state index in [9.17, 15) is 14.0 Å². The summed E-state index contributed by atoms with van der Waals surface area (Å²) >= 11 is 6.18. The van der Waals surface area contributed by atoms with Gasteiger partial charge < -0.3 is 9.64 Å². The Balaban J connectivity index is 1.39. The predicted molar refractivity (Wildman–Crippen MR) is 120 cm³/mol. The van der Waals surface area contributed by atoms with Crippen LogP contribution in [0.1, 0.15) is 51.2 Å². The minimum absolute atomic E-state index is 0.0131. The number of hydrogen-bond acceptors (Lipinski definition) is 4. The first-order valence-corrected chi connectivity index (χ1v) is 11.0. The lowest BCUT2D eigenvalue weighted by molar-refractivity contribution is -0.00568. The number of ketones is 1. The lowest BCUT2D eigenvalue weighted by Gasteiger charge is -2.44. The summed E-state index contributed by atoms with van der Waals surface area (Å²) in [5.74, 6) is 0.0115. The van der Waals surface area contributed by atoms with Crippen molar-refractivity contribution in [1.29, 1.82) is 0 Å². The second-order valence-corrected chi connectivity index (χ2v) is 9.15. The topological polar surface area (TPSA) is 59.5 Å². The van der Waals surface area contributed by atoms with E-state index in [2.05, 4.69) is 4.98 Å². The Bertz CT molecular complexity index is 1280. The van der Waals surface area contributed by atoms with E-state index >= 15 is 0 Å². The number of ether oxygens (including phenoxy) is 1. The Kier molecular flexibility index (Phi) is 4.93. The van der Waals surface area contributed by atoms with Gasteiger partial charge in [-0.1, -0.05) is 11.6 Å². The number of carbonyl (C=O) groups excluding carboxylic acids is 2. The number of hydrogen-bond donors (Lipinski definition) is 0. The summed E-state index contributed by atoms with van der Waals surface area (Å²) < 4.78 is 20.2. The highest BCUT2D eigenvalue weighted by atomic mass is 35.5. The number of aryl methyl sites for hydroxylation is 2. The molecule has 2 aliphatic rings. The Morgan fingerprint density at radius 2 is 1.91 bits per heavy atom. The van der Waals surface area contributed by atoms with Crippen molar-refractivity contribution in [2.24, 2.45) is 0 Å². The molecule has 1 fully saturated rings. The number of nitrogens with zero attached hydrogens (tertiary/aromatic N) is 2. The van der Waals surface area contributed by atoms with Gasteiger partial charge in [-0.25, -0.2) is 4.39 Å². The Morgan fingerprint density at radius 1 is 1.16 bits per heavy atom. The van der Waals surface area contributed by atoms with Gasteiger partial charge in [-0.2, -0.15) is 0 Å². The van der Waals surface area contributed by atoms with Crippen LogP contribution < -0.4 is 4.74 Å². The predicted octanol–water partition coefficient (Wildman–Crippen LogP) is 5.28. The molecule has 0 radical (unpaired) electrons. The van der Waals surface area contributed by atoms with Gasteiger partial charge >= 0.3 is 0 Å². The van der Waals surface area contributed by atoms with Crippen molar-refractivity contribution < 1.29 is 18.7 Å². The molecule has 5 nitrogen and oxygen atoms in total. The molecule has 1 saturated heterocycles. The SMILES string of the molecule is Cc1cc(C(=O)N2CCC3(CC2)CC(=O)c2cc(Cl)c(C)cc2O3)c2cc(F)ccc2n1. The number of rotatable bonds is 1. The van der Waals surface area contributed by atoms with Crippen LogP contribution in [-0.2, 0) is 0 Å². The van der Waals surface area contributed by atoms with Crippen LogP contribution >= 0.6 is 11.6 Å². The van der Waals surface area contributed by atoms with E-state index in [0.717, 1.165) is 5.56 Å². The van der Waals surface area contributed by atoms with Crippen molar-refractivity contribution in [3.63, 3.8) is 0 Å². The molecular weight excluding hydrogens is 431 g/mol. The number of fused-ring (bicyclic) bond motifs is 2. The highest BCUT2D eigenvalue weighted by molar-refractivity contribution is 6.31. The lowest BCUT2D eigenvalue weighted by atomic mass is 9.82. The van der Waals surface area contributed by atoms with Crippen LogP contribution in [0.2, 0.25) is 5.02 Å². The fourth-order valence-electron chi connectivity index (χ4n) is 4.69. The minimum atomic E-state index is -0.622. The first-order valence-electron chi connectivity index (χ1n) is 10.6. The van der Waals surface area contributed by atoms with Gasteiger partial charge in [-0.3, -0.25) is 14.6 Å².